The maximum atomic E-state index is 13.4. The molecular weight excluding hydrogens is 321 g/mol. The van der Waals surface area contributed by atoms with Crippen LogP contribution in [0.15, 0.2) is 30.3 Å². The van der Waals surface area contributed by atoms with Gasteiger partial charge in [-0.05, 0) is 24.1 Å². The number of benzene rings is 2. The van der Waals surface area contributed by atoms with E-state index in [-0.39, 0.29) is 11.1 Å². The Balaban J connectivity index is 2.94. The topological polar surface area (TPSA) is 76.1 Å². The Labute approximate surface area is 136 Å². The summed E-state index contributed by atoms with van der Waals surface area (Å²) in [6.07, 6.45) is -4.83. The first-order chi connectivity index (χ1) is 11.2. The van der Waals surface area contributed by atoms with Gasteiger partial charge in [0.15, 0.2) is 0 Å². The molecule has 0 aromatic heterocycles. The van der Waals surface area contributed by atoms with Gasteiger partial charge in [0.2, 0.25) is 0 Å². The number of nitriles is 1. The van der Waals surface area contributed by atoms with Crippen LogP contribution in [-0.2, 0) is 10.9 Å². The number of anilines is 1. The van der Waals surface area contributed by atoms with Gasteiger partial charge in [0, 0.05) is 5.56 Å². The lowest BCUT2D eigenvalue weighted by atomic mass is 9.90. The SMILES string of the molecule is COC(=O)c1c(C(F)(F)F)cc(-c2ccccc2C)c(C#N)c1N. The van der Waals surface area contributed by atoms with E-state index in [1.54, 1.807) is 37.3 Å². The molecule has 0 fully saturated rings. The van der Waals surface area contributed by atoms with Crippen LogP contribution in [0.4, 0.5) is 18.9 Å². The van der Waals surface area contributed by atoms with Gasteiger partial charge in [-0.1, -0.05) is 24.3 Å². The molecular formula is C17H13F3N2O2. The maximum Gasteiger partial charge on any atom is 0.417 e. The molecule has 0 unspecified atom stereocenters. The molecule has 2 aromatic rings. The maximum absolute atomic E-state index is 13.4. The van der Waals surface area contributed by atoms with Gasteiger partial charge in [0.1, 0.15) is 6.07 Å². The lowest BCUT2D eigenvalue weighted by Crippen LogP contribution is -2.18. The molecule has 4 nitrogen and oxygen atoms in total. The van der Waals surface area contributed by atoms with Gasteiger partial charge >= 0.3 is 12.1 Å². The number of carbonyl (C=O) groups excluding carboxylic acids is 1. The van der Waals surface area contributed by atoms with Crippen LogP contribution in [0.2, 0.25) is 0 Å². The minimum absolute atomic E-state index is 0.0214. The molecule has 0 aliphatic heterocycles. The fraction of sp³-hybridized carbons (Fsp3) is 0.176. The number of carbonyl (C=O) groups is 1. The smallest absolute Gasteiger partial charge is 0.417 e. The standard InChI is InChI=1S/C17H13F3N2O2/c1-9-5-3-4-6-10(9)11-7-13(17(18,19)20)14(16(23)24-2)15(22)12(11)8-21/h3-7H,22H2,1-2H3. The zero-order valence-corrected chi connectivity index (χ0v) is 12.9. The van der Waals surface area contributed by atoms with Crippen LogP contribution in [-0.4, -0.2) is 13.1 Å². The van der Waals surface area contributed by atoms with Crippen molar-refractivity contribution < 1.29 is 22.7 Å². The summed E-state index contributed by atoms with van der Waals surface area (Å²) in [6.45, 7) is 1.70. The number of hydrogen-bond acceptors (Lipinski definition) is 4. The summed E-state index contributed by atoms with van der Waals surface area (Å²) in [5.74, 6) is -1.24. The molecule has 0 saturated carbocycles. The Kier molecular flexibility index (Phi) is 4.51. The minimum Gasteiger partial charge on any atom is -0.465 e. The molecule has 0 spiro atoms. The number of alkyl halides is 3. The van der Waals surface area contributed by atoms with Crippen molar-refractivity contribution >= 4 is 11.7 Å². The van der Waals surface area contributed by atoms with Crippen LogP contribution < -0.4 is 5.73 Å². The van der Waals surface area contributed by atoms with Crippen LogP contribution in [0.5, 0.6) is 0 Å². The number of esters is 1. The molecule has 2 aromatic carbocycles. The zero-order valence-electron chi connectivity index (χ0n) is 12.9. The van der Waals surface area contributed by atoms with Gasteiger partial charge < -0.3 is 10.5 Å². The molecule has 0 saturated heterocycles. The Hall–Kier alpha value is -3.01. The van der Waals surface area contributed by atoms with E-state index < -0.39 is 29.0 Å². The number of ether oxygens (including phenoxy) is 1. The fourth-order valence-corrected chi connectivity index (χ4v) is 2.46. The predicted octanol–water partition coefficient (Wildman–Crippen LogP) is 3.92. The summed E-state index contributed by atoms with van der Waals surface area (Å²) in [5, 5.41) is 9.36. The number of nitrogens with zero attached hydrogens (tertiary/aromatic N) is 1. The molecule has 124 valence electrons. The highest BCUT2D eigenvalue weighted by molar-refractivity contribution is 6.00. The first-order valence-electron chi connectivity index (χ1n) is 6.80. The second kappa shape index (κ2) is 6.24. The summed E-state index contributed by atoms with van der Waals surface area (Å²) >= 11 is 0. The van der Waals surface area contributed by atoms with Crippen molar-refractivity contribution in [1.82, 2.24) is 0 Å². The summed E-state index contributed by atoms with van der Waals surface area (Å²) in [7, 11) is 0.948. The van der Waals surface area contributed by atoms with Crippen molar-refractivity contribution in [2.75, 3.05) is 12.8 Å². The highest BCUT2D eigenvalue weighted by Gasteiger charge is 2.39. The van der Waals surface area contributed by atoms with E-state index in [0.717, 1.165) is 13.2 Å². The predicted molar refractivity (Wildman–Crippen MR) is 82.1 cm³/mol. The normalized spacial score (nSPS) is 11.0. The lowest BCUT2D eigenvalue weighted by molar-refractivity contribution is -0.138. The van der Waals surface area contributed by atoms with Crippen LogP contribution in [0.1, 0.15) is 27.0 Å². The van der Waals surface area contributed by atoms with Crippen molar-refractivity contribution in [2.24, 2.45) is 0 Å². The van der Waals surface area contributed by atoms with Crippen LogP contribution >= 0.6 is 0 Å². The largest absolute Gasteiger partial charge is 0.465 e. The molecule has 2 N–H and O–H groups in total. The van der Waals surface area contributed by atoms with E-state index in [0.29, 0.717) is 11.1 Å². The van der Waals surface area contributed by atoms with Crippen molar-refractivity contribution in [3.05, 3.63) is 52.6 Å². The summed E-state index contributed by atoms with van der Waals surface area (Å²) < 4.78 is 44.6. The first kappa shape index (κ1) is 17.3. The molecule has 0 radical (unpaired) electrons. The van der Waals surface area contributed by atoms with Gasteiger partial charge in [-0.2, -0.15) is 18.4 Å². The van der Waals surface area contributed by atoms with Crippen LogP contribution in [0.25, 0.3) is 11.1 Å². The second-order valence-corrected chi connectivity index (χ2v) is 5.05. The van der Waals surface area contributed by atoms with E-state index in [9.17, 15) is 23.2 Å². The lowest BCUT2D eigenvalue weighted by Gasteiger charge is -2.18. The Morgan fingerprint density at radius 1 is 1.25 bits per heavy atom. The number of rotatable bonds is 2. The number of methoxy groups -OCH3 is 1. The first-order valence-corrected chi connectivity index (χ1v) is 6.80. The molecule has 0 bridgehead atoms. The molecule has 0 atom stereocenters. The van der Waals surface area contributed by atoms with E-state index in [1.165, 1.54) is 0 Å². The monoisotopic (exact) mass is 334 g/mol. The molecule has 24 heavy (non-hydrogen) atoms. The Morgan fingerprint density at radius 2 is 1.88 bits per heavy atom. The van der Waals surface area contributed by atoms with E-state index in [4.69, 9.17) is 5.73 Å². The van der Waals surface area contributed by atoms with E-state index >= 15 is 0 Å². The number of hydrogen-bond donors (Lipinski definition) is 1. The van der Waals surface area contributed by atoms with Crippen LogP contribution in [0.3, 0.4) is 0 Å². The summed E-state index contributed by atoms with van der Waals surface area (Å²) in [5.41, 5.74) is 4.04. The Bertz CT molecular complexity index is 852. The second-order valence-electron chi connectivity index (χ2n) is 5.05. The summed E-state index contributed by atoms with van der Waals surface area (Å²) in [4.78, 5) is 11.8. The third kappa shape index (κ3) is 2.91. The highest BCUT2D eigenvalue weighted by atomic mass is 19.4. The quantitative estimate of drug-likeness (QED) is 0.667. The summed E-state index contributed by atoms with van der Waals surface area (Å²) in [6, 6.07) is 9.21. The van der Waals surface area contributed by atoms with Crippen molar-refractivity contribution in [1.29, 1.82) is 5.26 Å². The van der Waals surface area contributed by atoms with Gasteiger partial charge in [-0.3, -0.25) is 0 Å². The van der Waals surface area contributed by atoms with E-state index in [2.05, 4.69) is 4.74 Å². The van der Waals surface area contributed by atoms with Gasteiger partial charge in [-0.25, -0.2) is 4.79 Å². The zero-order chi connectivity index (χ0) is 18.1. The molecule has 0 heterocycles. The average Bonchev–Trinajstić information content (AvgIpc) is 2.53. The highest BCUT2D eigenvalue weighted by Crippen LogP contribution is 2.41. The number of nitrogens with two attached hydrogens (primary N) is 1. The molecule has 7 heteroatoms. The third-order valence-electron chi connectivity index (χ3n) is 3.61. The van der Waals surface area contributed by atoms with Crippen LogP contribution in [0, 0.1) is 18.3 Å². The number of halogens is 3. The van der Waals surface area contributed by atoms with Crippen molar-refractivity contribution in [3.63, 3.8) is 0 Å². The molecule has 0 aliphatic carbocycles. The van der Waals surface area contributed by atoms with Crippen molar-refractivity contribution in [3.8, 4) is 17.2 Å². The minimum atomic E-state index is -4.83. The van der Waals surface area contributed by atoms with Gasteiger partial charge in [0.05, 0.1) is 29.5 Å². The molecule has 2 rings (SSSR count). The number of nitrogen functional groups attached to an aromatic ring is 1. The fourth-order valence-electron chi connectivity index (χ4n) is 2.46. The van der Waals surface area contributed by atoms with Crippen molar-refractivity contribution in [2.45, 2.75) is 13.1 Å². The van der Waals surface area contributed by atoms with E-state index in [1.807, 2.05) is 0 Å². The van der Waals surface area contributed by atoms with Gasteiger partial charge in [-0.15, -0.1) is 0 Å². The van der Waals surface area contributed by atoms with Gasteiger partial charge in [0.25, 0.3) is 0 Å². The number of aryl methyl sites for hydroxylation is 1. The third-order valence-corrected chi connectivity index (χ3v) is 3.61. The Morgan fingerprint density at radius 3 is 2.38 bits per heavy atom. The molecule has 0 aliphatic rings. The molecule has 0 amide bonds. The average molecular weight is 334 g/mol.